The Kier molecular flexibility index (Phi) is 9.74. The number of anilines is 1. The van der Waals surface area contributed by atoms with Gasteiger partial charge in [0.2, 0.25) is 5.91 Å². The van der Waals surface area contributed by atoms with Crippen molar-refractivity contribution in [1.82, 2.24) is 4.90 Å². The number of carbonyl (C=O) groups is 1. The summed E-state index contributed by atoms with van der Waals surface area (Å²) in [6.07, 6.45) is -9.50. The molecule has 0 unspecified atom stereocenters. The predicted octanol–water partition coefficient (Wildman–Crippen LogP) is 6.62. The summed E-state index contributed by atoms with van der Waals surface area (Å²) in [6, 6.07) is 7.43. The van der Waals surface area contributed by atoms with E-state index >= 15 is 0 Å². The molecule has 0 radical (unpaired) electrons. The van der Waals surface area contributed by atoms with Crippen LogP contribution in [0.4, 0.5) is 37.7 Å². The number of halogens is 6. The summed E-state index contributed by atoms with van der Waals surface area (Å²) in [5, 5.41) is 26.4. The Labute approximate surface area is 209 Å². The van der Waals surface area contributed by atoms with Crippen LogP contribution in [-0.4, -0.2) is 30.4 Å². The van der Waals surface area contributed by atoms with E-state index in [2.05, 4.69) is 10.3 Å². The molecule has 0 N–H and O–H groups in total. The molecule has 2 rings (SSSR count). The number of hydrogen-bond acceptors (Lipinski definition) is 6. The molecule has 0 atom stereocenters. The first kappa shape index (κ1) is 29.3. The molecule has 2 aromatic carbocycles. The van der Waals surface area contributed by atoms with Crippen LogP contribution in [0.3, 0.4) is 0 Å². The third-order valence-corrected chi connectivity index (χ3v) is 5.36. The lowest BCUT2D eigenvalue weighted by Crippen LogP contribution is -2.29. The maximum Gasteiger partial charge on any atom is 0.416 e. The van der Waals surface area contributed by atoms with Crippen LogP contribution >= 0.6 is 0 Å². The molecule has 1 amide bonds. The van der Waals surface area contributed by atoms with Crippen molar-refractivity contribution in [3.63, 3.8) is 0 Å². The van der Waals surface area contributed by atoms with Gasteiger partial charge in [0.1, 0.15) is 17.8 Å². The molecule has 0 spiro atoms. The molecule has 37 heavy (non-hydrogen) atoms. The monoisotopic (exact) mass is 524 g/mol. The van der Waals surface area contributed by atoms with Gasteiger partial charge in [-0.25, -0.2) is 0 Å². The summed E-state index contributed by atoms with van der Waals surface area (Å²) < 4.78 is 79.5. The van der Waals surface area contributed by atoms with Gasteiger partial charge in [0.25, 0.3) is 0 Å². The van der Waals surface area contributed by atoms with E-state index in [0.29, 0.717) is 55.3 Å². The smallest absolute Gasteiger partial charge is 0.304 e. The maximum atomic E-state index is 13.4. The van der Waals surface area contributed by atoms with Gasteiger partial charge in [-0.15, -0.1) is 5.11 Å². The van der Waals surface area contributed by atoms with E-state index in [0.717, 1.165) is 12.1 Å². The average Bonchev–Trinajstić information content (AvgIpc) is 2.85. The molecule has 2 aromatic rings. The number of hydrogen-bond donors (Lipinski definition) is 0. The third kappa shape index (κ3) is 7.75. The highest BCUT2D eigenvalue weighted by atomic mass is 19.4. The van der Waals surface area contributed by atoms with Crippen molar-refractivity contribution in [2.75, 3.05) is 24.6 Å². The van der Waals surface area contributed by atoms with Gasteiger partial charge in [-0.3, -0.25) is 4.79 Å². The van der Waals surface area contributed by atoms with E-state index in [1.165, 1.54) is 0 Å². The molecule has 0 saturated heterocycles. The Hall–Kier alpha value is -3.97. The first-order valence-corrected chi connectivity index (χ1v) is 11.0. The fourth-order valence-electron chi connectivity index (χ4n) is 3.29. The van der Waals surface area contributed by atoms with Crippen LogP contribution in [0.5, 0.6) is 0 Å². The van der Waals surface area contributed by atoms with Gasteiger partial charge in [0.05, 0.1) is 27.9 Å². The molecule has 0 aromatic heterocycles. The molecule has 0 saturated carbocycles. The maximum absolute atomic E-state index is 13.4. The Bertz CT molecular complexity index is 1220. The second-order valence-corrected chi connectivity index (χ2v) is 7.71. The zero-order chi connectivity index (χ0) is 27.8. The molecular weight excluding hydrogens is 502 g/mol. The predicted molar refractivity (Wildman–Crippen MR) is 121 cm³/mol. The van der Waals surface area contributed by atoms with E-state index < -0.39 is 40.8 Å². The van der Waals surface area contributed by atoms with Crippen molar-refractivity contribution in [2.24, 2.45) is 10.3 Å². The van der Waals surface area contributed by atoms with E-state index in [1.54, 1.807) is 12.1 Å². The molecule has 0 aliphatic rings. The number of amides is 1. The molecule has 7 nitrogen and oxygen atoms in total. The first-order chi connectivity index (χ1) is 17.3. The standard InChI is InChI=1S/C24H22F6N6O/c1-3-35(4-2)11-5-6-22(37)36(21-13-19(24(28,29)30)10-8-17(21)15-32)34-33-20-12-18(23(25,26)27)9-7-16(20)14-31/h7-10,12-13H,3-6,11H2,1-2H3/b34-33+. The Morgan fingerprint density at radius 2 is 1.43 bits per heavy atom. The van der Waals surface area contributed by atoms with Gasteiger partial charge >= 0.3 is 12.4 Å². The van der Waals surface area contributed by atoms with Gasteiger partial charge in [-0.05, 0) is 62.5 Å². The molecule has 196 valence electrons. The summed E-state index contributed by atoms with van der Waals surface area (Å²) in [5.41, 5.74) is -4.06. The third-order valence-electron chi connectivity index (χ3n) is 5.36. The van der Waals surface area contributed by atoms with E-state index in [1.807, 2.05) is 18.7 Å². The lowest BCUT2D eigenvalue weighted by Gasteiger charge is -2.21. The minimum Gasteiger partial charge on any atom is -0.304 e. The van der Waals surface area contributed by atoms with Crippen molar-refractivity contribution >= 4 is 17.3 Å². The fourth-order valence-corrected chi connectivity index (χ4v) is 3.29. The highest BCUT2D eigenvalue weighted by Crippen LogP contribution is 2.36. The zero-order valence-corrected chi connectivity index (χ0v) is 19.9. The van der Waals surface area contributed by atoms with Crippen LogP contribution in [0.2, 0.25) is 0 Å². The summed E-state index contributed by atoms with van der Waals surface area (Å²) >= 11 is 0. The minimum atomic E-state index is -4.81. The summed E-state index contributed by atoms with van der Waals surface area (Å²) in [6.45, 7) is 5.72. The number of alkyl halides is 6. The van der Waals surface area contributed by atoms with Crippen molar-refractivity contribution in [3.8, 4) is 12.1 Å². The number of rotatable bonds is 9. The molecule has 13 heteroatoms. The van der Waals surface area contributed by atoms with Gasteiger partial charge in [-0.2, -0.15) is 41.9 Å². The van der Waals surface area contributed by atoms with Crippen molar-refractivity contribution < 1.29 is 31.1 Å². The topological polar surface area (TPSA) is 95.8 Å². The summed E-state index contributed by atoms with van der Waals surface area (Å²) in [5.74, 6) is -0.836. The lowest BCUT2D eigenvalue weighted by atomic mass is 10.1. The first-order valence-electron chi connectivity index (χ1n) is 11.0. The quantitative estimate of drug-likeness (QED) is 0.209. The average molecular weight is 524 g/mol. The van der Waals surface area contributed by atoms with Crippen LogP contribution in [0, 0.1) is 22.7 Å². The second kappa shape index (κ2) is 12.3. The number of carbonyl (C=O) groups excluding carboxylic acids is 1. The van der Waals surface area contributed by atoms with Crippen LogP contribution in [0.1, 0.15) is 48.9 Å². The van der Waals surface area contributed by atoms with Gasteiger partial charge < -0.3 is 4.90 Å². The molecule has 0 aliphatic carbocycles. The van der Waals surface area contributed by atoms with Crippen LogP contribution in [0.15, 0.2) is 46.7 Å². The van der Waals surface area contributed by atoms with E-state index in [-0.39, 0.29) is 17.5 Å². The molecule has 0 fully saturated rings. The summed E-state index contributed by atoms with van der Waals surface area (Å²) in [4.78, 5) is 15.1. The highest BCUT2D eigenvalue weighted by Gasteiger charge is 2.33. The van der Waals surface area contributed by atoms with E-state index in [9.17, 15) is 41.7 Å². The Morgan fingerprint density at radius 3 is 1.95 bits per heavy atom. The SMILES string of the molecule is CCN(CC)CCCC(=O)N(/N=N/c1cc(C(F)(F)F)ccc1C#N)c1cc(C(F)(F)F)ccc1C#N. The molecule has 0 aliphatic heterocycles. The van der Waals surface area contributed by atoms with Crippen LogP contribution < -0.4 is 5.01 Å². The normalized spacial score (nSPS) is 12.0. The van der Waals surface area contributed by atoms with Crippen molar-refractivity contribution in [3.05, 3.63) is 58.7 Å². The number of nitriles is 2. The highest BCUT2D eigenvalue weighted by molar-refractivity contribution is 5.94. The largest absolute Gasteiger partial charge is 0.416 e. The molecule has 0 bridgehead atoms. The second-order valence-electron chi connectivity index (χ2n) is 7.71. The van der Waals surface area contributed by atoms with Gasteiger partial charge in [-0.1, -0.05) is 19.1 Å². The zero-order valence-electron chi connectivity index (χ0n) is 19.9. The molecular formula is C24H22F6N6O. The molecule has 0 heterocycles. The van der Waals surface area contributed by atoms with Gasteiger partial charge in [0.15, 0.2) is 0 Å². The number of benzene rings is 2. The Balaban J connectivity index is 2.58. The number of nitrogens with zero attached hydrogens (tertiary/aromatic N) is 6. The van der Waals surface area contributed by atoms with E-state index in [4.69, 9.17) is 0 Å². The van der Waals surface area contributed by atoms with Gasteiger partial charge in [0, 0.05) is 6.42 Å². The lowest BCUT2D eigenvalue weighted by molar-refractivity contribution is -0.138. The van der Waals surface area contributed by atoms with Crippen LogP contribution in [-0.2, 0) is 17.1 Å². The van der Waals surface area contributed by atoms with Crippen molar-refractivity contribution in [1.29, 1.82) is 10.5 Å². The minimum absolute atomic E-state index is 0.204. The summed E-state index contributed by atoms with van der Waals surface area (Å²) in [7, 11) is 0. The van der Waals surface area contributed by atoms with Crippen LogP contribution in [0.25, 0.3) is 0 Å². The van der Waals surface area contributed by atoms with Crippen molar-refractivity contribution in [2.45, 2.75) is 39.0 Å². The Morgan fingerprint density at radius 1 is 0.892 bits per heavy atom. The fraction of sp³-hybridized carbons (Fsp3) is 0.375.